The standard InChI is InChI=1S/C34H64O6/c1-4-7-10-13-14-15-16-17-18-19-22-24-27-33(36)39-30-31(40-34(37)28-25-21-12-9-6-3)29-38-32(35)26-23-20-11-8-5-2/h31H,4-30H2,1-3H3/t31-/m1/s1. The van der Waals surface area contributed by atoms with Gasteiger partial charge in [-0.1, -0.05) is 143 Å². The minimum absolute atomic E-state index is 0.0670. The Morgan fingerprint density at radius 2 is 0.675 bits per heavy atom. The first kappa shape index (κ1) is 38.4. The maximum absolute atomic E-state index is 12.3. The third-order valence-electron chi connectivity index (χ3n) is 7.36. The Morgan fingerprint density at radius 1 is 0.400 bits per heavy atom. The summed E-state index contributed by atoms with van der Waals surface area (Å²) in [6.07, 6.45) is 25.7. The van der Waals surface area contributed by atoms with Crippen LogP contribution in [-0.4, -0.2) is 37.2 Å². The van der Waals surface area contributed by atoms with E-state index in [4.69, 9.17) is 14.2 Å². The van der Waals surface area contributed by atoms with Gasteiger partial charge in [0.25, 0.3) is 0 Å². The molecule has 0 radical (unpaired) electrons. The molecule has 0 rings (SSSR count). The summed E-state index contributed by atoms with van der Waals surface area (Å²) < 4.78 is 16.3. The molecule has 40 heavy (non-hydrogen) atoms. The van der Waals surface area contributed by atoms with Crippen LogP contribution >= 0.6 is 0 Å². The SMILES string of the molecule is CCCCCCCCCCCCCCC(=O)OC[C@@H](COC(=O)CCCCCCC)OC(=O)CCCCCCC. The molecule has 0 fully saturated rings. The zero-order valence-corrected chi connectivity index (χ0v) is 26.6. The molecule has 6 nitrogen and oxygen atoms in total. The molecule has 0 unspecified atom stereocenters. The first-order valence-corrected chi connectivity index (χ1v) is 17.0. The molecule has 0 aromatic rings. The fourth-order valence-corrected chi connectivity index (χ4v) is 4.73. The average Bonchev–Trinajstić information content (AvgIpc) is 2.94. The minimum Gasteiger partial charge on any atom is -0.462 e. The van der Waals surface area contributed by atoms with Crippen LogP contribution in [-0.2, 0) is 28.6 Å². The highest BCUT2D eigenvalue weighted by Gasteiger charge is 2.19. The Bertz CT molecular complexity index is 591. The molecule has 0 aliphatic carbocycles. The predicted molar refractivity (Wildman–Crippen MR) is 164 cm³/mol. The fourth-order valence-electron chi connectivity index (χ4n) is 4.73. The molecule has 0 spiro atoms. The van der Waals surface area contributed by atoms with E-state index < -0.39 is 6.10 Å². The Balaban J connectivity index is 4.20. The van der Waals surface area contributed by atoms with Gasteiger partial charge in [-0.05, 0) is 19.3 Å². The second-order valence-corrected chi connectivity index (χ2v) is 11.4. The lowest BCUT2D eigenvalue weighted by Crippen LogP contribution is -2.30. The van der Waals surface area contributed by atoms with E-state index in [1.54, 1.807) is 0 Å². The summed E-state index contributed by atoms with van der Waals surface area (Å²) >= 11 is 0. The highest BCUT2D eigenvalue weighted by Crippen LogP contribution is 2.13. The van der Waals surface area contributed by atoms with Crippen molar-refractivity contribution in [3.63, 3.8) is 0 Å². The normalized spacial score (nSPS) is 11.8. The first-order valence-electron chi connectivity index (χ1n) is 17.0. The van der Waals surface area contributed by atoms with Gasteiger partial charge in [0.1, 0.15) is 13.2 Å². The van der Waals surface area contributed by atoms with Gasteiger partial charge in [0.15, 0.2) is 6.10 Å². The van der Waals surface area contributed by atoms with Crippen LogP contribution in [0.3, 0.4) is 0 Å². The topological polar surface area (TPSA) is 78.9 Å². The van der Waals surface area contributed by atoms with Crippen molar-refractivity contribution in [1.82, 2.24) is 0 Å². The molecule has 0 N–H and O–H groups in total. The second-order valence-electron chi connectivity index (χ2n) is 11.4. The monoisotopic (exact) mass is 568 g/mol. The predicted octanol–water partition coefficient (Wildman–Crippen LogP) is 9.80. The molecule has 236 valence electrons. The number of hydrogen-bond acceptors (Lipinski definition) is 6. The molecule has 0 aromatic heterocycles. The van der Waals surface area contributed by atoms with E-state index in [1.165, 1.54) is 70.6 Å². The van der Waals surface area contributed by atoms with E-state index in [0.29, 0.717) is 19.3 Å². The van der Waals surface area contributed by atoms with Gasteiger partial charge in [-0.2, -0.15) is 0 Å². The molecule has 0 saturated carbocycles. The third-order valence-corrected chi connectivity index (χ3v) is 7.36. The van der Waals surface area contributed by atoms with Crippen LogP contribution in [0.15, 0.2) is 0 Å². The van der Waals surface area contributed by atoms with Crippen LogP contribution in [0.4, 0.5) is 0 Å². The number of carbonyl (C=O) groups is 3. The van der Waals surface area contributed by atoms with E-state index in [-0.39, 0.29) is 31.1 Å². The third kappa shape index (κ3) is 28.0. The second kappa shape index (κ2) is 30.4. The van der Waals surface area contributed by atoms with E-state index in [0.717, 1.165) is 70.6 Å². The fraction of sp³-hybridized carbons (Fsp3) is 0.912. The van der Waals surface area contributed by atoms with Crippen molar-refractivity contribution in [2.24, 2.45) is 0 Å². The zero-order chi connectivity index (χ0) is 29.5. The zero-order valence-electron chi connectivity index (χ0n) is 26.6. The largest absolute Gasteiger partial charge is 0.462 e. The van der Waals surface area contributed by atoms with Crippen molar-refractivity contribution < 1.29 is 28.6 Å². The maximum Gasteiger partial charge on any atom is 0.306 e. The Morgan fingerprint density at radius 3 is 1.00 bits per heavy atom. The molecule has 0 heterocycles. The maximum atomic E-state index is 12.3. The van der Waals surface area contributed by atoms with Crippen molar-refractivity contribution in [2.45, 2.75) is 187 Å². The molecule has 1 atom stereocenters. The highest BCUT2D eigenvalue weighted by molar-refractivity contribution is 5.71. The minimum atomic E-state index is -0.752. The van der Waals surface area contributed by atoms with Crippen LogP contribution < -0.4 is 0 Å². The molecule has 0 aliphatic rings. The van der Waals surface area contributed by atoms with Gasteiger partial charge in [-0.25, -0.2) is 0 Å². The lowest BCUT2D eigenvalue weighted by molar-refractivity contribution is -0.167. The number of esters is 3. The van der Waals surface area contributed by atoms with Crippen LogP contribution in [0.5, 0.6) is 0 Å². The summed E-state index contributed by atoms with van der Waals surface area (Å²) in [4.78, 5) is 36.8. The van der Waals surface area contributed by atoms with Crippen molar-refractivity contribution >= 4 is 17.9 Å². The molecule has 0 saturated heterocycles. The summed E-state index contributed by atoms with van der Waals surface area (Å²) in [7, 11) is 0. The van der Waals surface area contributed by atoms with E-state index in [2.05, 4.69) is 20.8 Å². The van der Waals surface area contributed by atoms with Crippen LogP contribution in [0, 0.1) is 0 Å². The van der Waals surface area contributed by atoms with E-state index >= 15 is 0 Å². The molecule has 0 amide bonds. The van der Waals surface area contributed by atoms with Crippen molar-refractivity contribution in [1.29, 1.82) is 0 Å². The Labute approximate surface area is 247 Å². The van der Waals surface area contributed by atoms with E-state index in [1.807, 2.05) is 0 Å². The number of ether oxygens (including phenoxy) is 3. The summed E-state index contributed by atoms with van der Waals surface area (Å²) in [5, 5.41) is 0. The molecule has 0 aromatic carbocycles. The number of unbranched alkanes of at least 4 members (excludes halogenated alkanes) is 19. The van der Waals surface area contributed by atoms with Gasteiger partial charge in [-0.3, -0.25) is 14.4 Å². The Hall–Kier alpha value is -1.59. The summed E-state index contributed by atoms with van der Waals surface area (Å²) in [5.41, 5.74) is 0. The summed E-state index contributed by atoms with van der Waals surface area (Å²) in [6, 6.07) is 0. The average molecular weight is 569 g/mol. The molecular weight excluding hydrogens is 504 g/mol. The Kier molecular flexibility index (Phi) is 29.2. The number of hydrogen-bond donors (Lipinski definition) is 0. The lowest BCUT2D eigenvalue weighted by atomic mass is 10.0. The molecule has 0 aliphatic heterocycles. The van der Waals surface area contributed by atoms with Crippen LogP contribution in [0.1, 0.15) is 181 Å². The van der Waals surface area contributed by atoms with Crippen LogP contribution in [0.2, 0.25) is 0 Å². The van der Waals surface area contributed by atoms with E-state index in [9.17, 15) is 14.4 Å². The number of rotatable bonds is 30. The molecule has 6 heteroatoms. The van der Waals surface area contributed by atoms with Gasteiger partial charge in [0.05, 0.1) is 0 Å². The van der Waals surface area contributed by atoms with Gasteiger partial charge in [0.2, 0.25) is 0 Å². The first-order chi connectivity index (χ1) is 19.5. The van der Waals surface area contributed by atoms with Gasteiger partial charge in [-0.15, -0.1) is 0 Å². The quantitative estimate of drug-likeness (QED) is 0.0487. The number of carbonyl (C=O) groups excluding carboxylic acids is 3. The van der Waals surface area contributed by atoms with Crippen LogP contribution in [0.25, 0.3) is 0 Å². The van der Waals surface area contributed by atoms with Gasteiger partial charge < -0.3 is 14.2 Å². The lowest BCUT2D eigenvalue weighted by Gasteiger charge is -2.18. The molecular formula is C34H64O6. The van der Waals surface area contributed by atoms with Crippen molar-refractivity contribution in [3.8, 4) is 0 Å². The van der Waals surface area contributed by atoms with Gasteiger partial charge >= 0.3 is 17.9 Å². The van der Waals surface area contributed by atoms with Gasteiger partial charge in [0, 0.05) is 19.3 Å². The van der Waals surface area contributed by atoms with Crippen molar-refractivity contribution in [2.75, 3.05) is 13.2 Å². The smallest absolute Gasteiger partial charge is 0.306 e. The summed E-state index contributed by atoms with van der Waals surface area (Å²) in [6.45, 7) is 6.43. The molecule has 0 bridgehead atoms. The highest BCUT2D eigenvalue weighted by atomic mass is 16.6. The summed E-state index contributed by atoms with van der Waals surface area (Å²) in [5.74, 6) is -0.899. The van der Waals surface area contributed by atoms with Crippen molar-refractivity contribution in [3.05, 3.63) is 0 Å².